The Bertz CT molecular complexity index is 2260. The molecule has 0 saturated heterocycles. The van der Waals surface area contributed by atoms with E-state index in [0.717, 1.165) is 13.0 Å². The van der Waals surface area contributed by atoms with Crippen molar-refractivity contribution in [2.45, 2.75) is 25.7 Å². The quantitative estimate of drug-likeness (QED) is 0.173. The summed E-state index contributed by atoms with van der Waals surface area (Å²) in [4.78, 5) is 2.40. The van der Waals surface area contributed by atoms with Crippen LogP contribution in [0.1, 0.15) is 53.6 Å². The molecule has 2 heteroatoms. The van der Waals surface area contributed by atoms with Gasteiger partial charge < -0.3 is 4.90 Å². The summed E-state index contributed by atoms with van der Waals surface area (Å²) in [6, 6.07) is 43.5. The van der Waals surface area contributed by atoms with E-state index in [9.17, 15) is 0 Å². The SMILES string of the molecule is C/C=C\C(=C/CC)c1ccc2c(c1)C1(c3ccccc3-c3ccccc31)c1cc(C3=CN(c4cc5ccccc5s4)CC=C3)ccc1-2. The van der Waals surface area contributed by atoms with Gasteiger partial charge in [-0.15, -0.1) is 11.3 Å². The maximum Gasteiger partial charge on any atom is 0.0964 e. The van der Waals surface area contributed by atoms with Crippen molar-refractivity contribution in [1.29, 1.82) is 0 Å². The van der Waals surface area contributed by atoms with Crippen molar-refractivity contribution in [2.75, 3.05) is 11.4 Å². The molecule has 0 radical (unpaired) electrons. The van der Waals surface area contributed by atoms with E-state index in [1.807, 2.05) is 11.3 Å². The van der Waals surface area contributed by atoms with Crippen molar-refractivity contribution >= 4 is 37.6 Å². The Morgan fingerprint density at radius 3 is 2.17 bits per heavy atom. The van der Waals surface area contributed by atoms with Crippen molar-refractivity contribution in [1.82, 2.24) is 0 Å². The average molecular weight is 622 g/mol. The molecule has 0 unspecified atom stereocenters. The molecule has 6 aromatic rings. The zero-order valence-electron chi connectivity index (χ0n) is 26.7. The third-order valence-corrected chi connectivity index (χ3v) is 11.3. The molecule has 1 aliphatic heterocycles. The number of fused-ring (bicyclic) bond motifs is 11. The molecule has 0 bridgehead atoms. The molecule has 9 rings (SSSR count). The minimum absolute atomic E-state index is 0.388. The largest absolute Gasteiger partial charge is 0.335 e. The average Bonchev–Trinajstić information content (AvgIpc) is 3.78. The van der Waals surface area contributed by atoms with Gasteiger partial charge in [0, 0.05) is 17.4 Å². The molecule has 2 aliphatic carbocycles. The van der Waals surface area contributed by atoms with Crippen molar-refractivity contribution in [3.8, 4) is 22.3 Å². The van der Waals surface area contributed by atoms with Crippen molar-refractivity contribution in [3.05, 3.63) is 185 Å². The van der Waals surface area contributed by atoms with Crippen LogP contribution in [0.2, 0.25) is 0 Å². The Morgan fingerprint density at radius 2 is 1.43 bits per heavy atom. The van der Waals surface area contributed by atoms with Gasteiger partial charge in [-0.3, -0.25) is 0 Å². The zero-order chi connectivity index (χ0) is 31.5. The molecule has 0 fully saturated rings. The molecule has 0 amide bonds. The number of hydrogen-bond donors (Lipinski definition) is 0. The van der Waals surface area contributed by atoms with Gasteiger partial charge in [-0.1, -0.05) is 128 Å². The van der Waals surface area contributed by atoms with Gasteiger partial charge in [0.05, 0.1) is 10.4 Å². The number of thiophene rings is 1. The van der Waals surface area contributed by atoms with Crippen molar-refractivity contribution in [2.24, 2.45) is 0 Å². The minimum atomic E-state index is -0.388. The fourth-order valence-electron chi connectivity index (χ4n) is 8.17. The lowest BCUT2D eigenvalue weighted by Crippen LogP contribution is -2.26. The maximum atomic E-state index is 2.49. The standard InChI is InChI=1S/C45H35NS/c1-3-12-30(13-4-2)31-21-23-37-38-24-22-32(34-15-11-25-46(29-34)44-28-33-14-5-10-20-43(33)47-44)27-42(38)45(41(37)26-31)39-18-8-6-16-35(39)36-17-7-9-19-40(36)45/h3,5-24,26-29H,4,25H2,1-2H3/b12-3-,30-13+. The summed E-state index contributed by atoms with van der Waals surface area (Å²) in [5, 5.41) is 2.58. The number of benzene rings is 5. The van der Waals surface area contributed by atoms with E-state index in [0.29, 0.717) is 0 Å². The van der Waals surface area contributed by atoms with Gasteiger partial charge in [0.1, 0.15) is 0 Å². The second-order valence-corrected chi connectivity index (χ2v) is 13.8. The van der Waals surface area contributed by atoms with Gasteiger partial charge in [0.25, 0.3) is 0 Å². The molecule has 0 atom stereocenters. The van der Waals surface area contributed by atoms with E-state index in [-0.39, 0.29) is 5.41 Å². The Labute approximate surface area is 281 Å². The van der Waals surface area contributed by atoms with Crippen LogP contribution in [0.15, 0.2) is 152 Å². The van der Waals surface area contributed by atoms with Crippen molar-refractivity contribution in [3.63, 3.8) is 0 Å². The van der Waals surface area contributed by atoms with Gasteiger partial charge in [-0.05, 0) is 110 Å². The van der Waals surface area contributed by atoms with Gasteiger partial charge in [-0.2, -0.15) is 0 Å². The van der Waals surface area contributed by atoms with Gasteiger partial charge in [-0.25, -0.2) is 0 Å². The first-order valence-electron chi connectivity index (χ1n) is 16.7. The molecule has 226 valence electrons. The summed E-state index contributed by atoms with van der Waals surface area (Å²) >= 11 is 1.86. The van der Waals surface area contributed by atoms with E-state index in [1.165, 1.54) is 81.9 Å². The van der Waals surface area contributed by atoms with Crippen LogP contribution in [0.25, 0.3) is 43.5 Å². The molecule has 1 nitrogen and oxygen atoms in total. The predicted octanol–water partition coefficient (Wildman–Crippen LogP) is 12.0. The number of anilines is 1. The molecule has 2 heterocycles. The first-order valence-corrected chi connectivity index (χ1v) is 17.5. The van der Waals surface area contributed by atoms with Gasteiger partial charge in [0.15, 0.2) is 0 Å². The van der Waals surface area contributed by atoms with Crippen LogP contribution in [0.3, 0.4) is 0 Å². The summed E-state index contributed by atoms with van der Waals surface area (Å²) in [7, 11) is 0. The number of rotatable bonds is 5. The van der Waals surface area contributed by atoms with Crippen LogP contribution in [0, 0.1) is 0 Å². The molecule has 3 aliphatic rings. The highest BCUT2D eigenvalue weighted by molar-refractivity contribution is 7.22. The molecule has 5 aromatic carbocycles. The zero-order valence-corrected chi connectivity index (χ0v) is 27.5. The van der Waals surface area contributed by atoms with Crippen LogP contribution >= 0.6 is 11.3 Å². The van der Waals surface area contributed by atoms with Gasteiger partial charge >= 0.3 is 0 Å². The third kappa shape index (κ3) is 4.15. The fourth-order valence-corrected chi connectivity index (χ4v) is 9.22. The highest BCUT2D eigenvalue weighted by atomic mass is 32.1. The fraction of sp³-hybridized carbons (Fsp3) is 0.111. The summed E-state index contributed by atoms with van der Waals surface area (Å²) in [6.07, 6.45) is 14.7. The first kappa shape index (κ1) is 28.1. The maximum absolute atomic E-state index is 2.49. The Kier molecular flexibility index (Phi) is 6.55. The minimum Gasteiger partial charge on any atom is -0.335 e. The van der Waals surface area contributed by atoms with Crippen LogP contribution in [0.5, 0.6) is 0 Å². The van der Waals surface area contributed by atoms with E-state index < -0.39 is 0 Å². The third-order valence-electron chi connectivity index (χ3n) is 10.1. The smallest absolute Gasteiger partial charge is 0.0964 e. The van der Waals surface area contributed by atoms with E-state index >= 15 is 0 Å². The number of nitrogens with zero attached hydrogens (tertiary/aromatic N) is 1. The van der Waals surface area contributed by atoms with E-state index in [4.69, 9.17) is 0 Å². The highest BCUT2D eigenvalue weighted by Crippen LogP contribution is 2.63. The van der Waals surface area contributed by atoms with E-state index in [2.05, 4.69) is 171 Å². The second kappa shape index (κ2) is 11.0. The molecule has 47 heavy (non-hydrogen) atoms. The monoisotopic (exact) mass is 621 g/mol. The number of hydrogen-bond acceptors (Lipinski definition) is 2. The second-order valence-electron chi connectivity index (χ2n) is 12.7. The number of allylic oxidation sites excluding steroid dienone is 6. The first-order chi connectivity index (χ1) is 23.2. The molecule has 0 saturated carbocycles. The summed E-state index contributed by atoms with van der Waals surface area (Å²) in [5.41, 5.74) is 15.5. The molecule has 0 N–H and O–H groups in total. The Hall–Kier alpha value is -5.18. The molecule has 1 spiro atoms. The van der Waals surface area contributed by atoms with Crippen LogP contribution in [-0.2, 0) is 5.41 Å². The molecular weight excluding hydrogens is 587 g/mol. The Morgan fingerprint density at radius 1 is 0.745 bits per heavy atom. The summed E-state index contributed by atoms with van der Waals surface area (Å²) in [6.45, 7) is 5.20. The van der Waals surface area contributed by atoms with Crippen LogP contribution in [-0.4, -0.2) is 6.54 Å². The summed E-state index contributed by atoms with van der Waals surface area (Å²) < 4.78 is 1.33. The van der Waals surface area contributed by atoms with Crippen molar-refractivity contribution < 1.29 is 0 Å². The topological polar surface area (TPSA) is 3.24 Å². The van der Waals surface area contributed by atoms with Crippen LogP contribution in [0.4, 0.5) is 5.00 Å². The van der Waals surface area contributed by atoms with E-state index in [1.54, 1.807) is 0 Å². The lowest BCUT2D eigenvalue weighted by Gasteiger charge is -2.31. The summed E-state index contributed by atoms with van der Waals surface area (Å²) in [5.74, 6) is 0. The molecule has 1 aromatic heterocycles. The Balaban J connectivity index is 1.26. The van der Waals surface area contributed by atoms with Crippen LogP contribution < -0.4 is 4.90 Å². The predicted molar refractivity (Wildman–Crippen MR) is 202 cm³/mol. The lowest BCUT2D eigenvalue weighted by atomic mass is 9.70. The lowest BCUT2D eigenvalue weighted by molar-refractivity contribution is 0.793. The normalized spacial score (nSPS) is 15.7. The highest BCUT2D eigenvalue weighted by Gasteiger charge is 2.51. The molecular formula is C45H35NS. The van der Waals surface area contributed by atoms with Gasteiger partial charge in [0.2, 0.25) is 0 Å².